The van der Waals surface area contributed by atoms with Crippen LogP contribution in [0.4, 0.5) is 0 Å². The second kappa shape index (κ2) is 10.7. The highest BCUT2D eigenvalue weighted by atomic mass is 16.5. The normalized spacial score (nSPS) is 16.4. The van der Waals surface area contributed by atoms with E-state index in [1.54, 1.807) is 0 Å². The number of hydrogen-bond acceptors (Lipinski definition) is 5. The maximum absolute atomic E-state index is 12.0. The lowest BCUT2D eigenvalue weighted by molar-refractivity contribution is -0.120. The van der Waals surface area contributed by atoms with Crippen LogP contribution in [-0.2, 0) is 22.4 Å². The van der Waals surface area contributed by atoms with Gasteiger partial charge in [-0.1, -0.05) is 23.4 Å². The van der Waals surface area contributed by atoms with Gasteiger partial charge in [0.15, 0.2) is 0 Å². The monoisotopic (exact) mass is 372 g/mol. The molecule has 1 fully saturated rings. The van der Waals surface area contributed by atoms with Crippen LogP contribution in [0, 0.1) is 5.92 Å². The molecule has 146 valence electrons. The van der Waals surface area contributed by atoms with Crippen LogP contribution in [0.3, 0.4) is 0 Å². The summed E-state index contributed by atoms with van der Waals surface area (Å²) < 4.78 is 16.3. The van der Waals surface area contributed by atoms with Gasteiger partial charge in [0.2, 0.25) is 5.91 Å². The second-order valence-electron chi connectivity index (χ2n) is 6.97. The minimum absolute atomic E-state index is 0.0141. The van der Waals surface area contributed by atoms with Gasteiger partial charge >= 0.3 is 0 Å². The Morgan fingerprint density at radius 3 is 2.93 bits per heavy atom. The zero-order chi connectivity index (χ0) is 18.7. The number of nitrogens with zero attached hydrogens (tertiary/aromatic N) is 1. The number of unbranched alkanes of at least 4 members (excludes halogenated alkanes) is 2. The average molecular weight is 372 g/mol. The fourth-order valence-corrected chi connectivity index (χ4v) is 3.07. The van der Waals surface area contributed by atoms with Crippen molar-refractivity contribution >= 4 is 5.91 Å². The molecule has 6 heteroatoms. The van der Waals surface area contributed by atoms with E-state index in [1.807, 2.05) is 36.4 Å². The van der Waals surface area contributed by atoms with E-state index in [9.17, 15) is 4.79 Å². The number of rotatable bonds is 11. The van der Waals surface area contributed by atoms with Crippen molar-refractivity contribution in [3.05, 3.63) is 47.9 Å². The summed E-state index contributed by atoms with van der Waals surface area (Å²) in [5, 5.41) is 6.95. The van der Waals surface area contributed by atoms with Crippen LogP contribution in [0.15, 0.2) is 40.9 Å². The van der Waals surface area contributed by atoms with Crippen molar-refractivity contribution in [3.8, 4) is 5.75 Å². The van der Waals surface area contributed by atoms with E-state index in [-0.39, 0.29) is 12.3 Å². The van der Waals surface area contributed by atoms with Gasteiger partial charge in [-0.2, -0.15) is 0 Å². The zero-order valence-corrected chi connectivity index (χ0v) is 15.7. The van der Waals surface area contributed by atoms with E-state index in [0.717, 1.165) is 63.4 Å². The molecule has 1 unspecified atom stereocenters. The van der Waals surface area contributed by atoms with Gasteiger partial charge in [-0.3, -0.25) is 4.79 Å². The largest absolute Gasteiger partial charge is 0.494 e. The molecule has 0 spiro atoms. The molecule has 1 saturated heterocycles. The summed E-state index contributed by atoms with van der Waals surface area (Å²) >= 11 is 0. The lowest BCUT2D eigenvalue weighted by Gasteiger charge is -2.08. The number of aromatic nitrogens is 1. The van der Waals surface area contributed by atoms with Crippen molar-refractivity contribution in [2.75, 3.05) is 26.4 Å². The molecule has 0 radical (unpaired) electrons. The van der Waals surface area contributed by atoms with Crippen LogP contribution in [0.5, 0.6) is 5.75 Å². The predicted octanol–water partition coefficient (Wildman–Crippen LogP) is 3.16. The molecule has 3 rings (SSSR count). The van der Waals surface area contributed by atoms with Crippen molar-refractivity contribution < 1.29 is 18.8 Å². The number of nitrogens with one attached hydrogen (secondary N) is 1. The highest BCUT2D eigenvalue weighted by Crippen LogP contribution is 2.13. The van der Waals surface area contributed by atoms with Crippen molar-refractivity contribution in [2.24, 2.45) is 5.92 Å². The van der Waals surface area contributed by atoms with Crippen LogP contribution in [0.25, 0.3) is 0 Å². The minimum atomic E-state index is -0.0141. The molecular formula is C21H28N2O4. The number of benzene rings is 1. The highest BCUT2D eigenvalue weighted by molar-refractivity contribution is 5.78. The Bertz CT molecular complexity index is 680. The first-order valence-corrected chi connectivity index (χ1v) is 9.76. The van der Waals surface area contributed by atoms with E-state index < -0.39 is 0 Å². The molecule has 0 saturated carbocycles. The molecule has 1 amide bonds. The molecule has 0 bridgehead atoms. The van der Waals surface area contributed by atoms with Gasteiger partial charge in [0.1, 0.15) is 11.5 Å². The number of amides is 1. The Morgan fingerprint density at radius 2 is 2.11 bits per heavy atom. The van der Waals surface area contributed by atoms with Gasteiger partial charge in [-0.15, -0.1) is 0 Å². The number of hydrogen-bond donors (Lipinski definition) is 1. The van der Waals surface area contributed by atoms with Gasteiger partial charge in [-0.05, 0) is 37.8 Å². The topological polar surface area (TPSA) is 73.6 Å². The first-order valence-electron chi connectivity index (χ1n) is 9.76. The van der Waals surface area contributed by atoms with Gasteiger partial charge in [-0.25, -0.2) is 0 Å². The van der Waals surface area contributed by atoms with Gasteiger partial charge < -0.3 is 19.3 Å². The Morgan fingerprint density at radius 1 is 1.22 bits per heavy atom. The predicted molar refractivity (Wildman–Crippen MR) is 102 cm³/mol. The Hall–Kier alpha value is -2.34. The average Bonchev–Trinajstić information content (AvgIpc) is 3.36. The molecule has 1 aliphatic rings. The number of carbonyl (C=O) groups excluding carboxylic acids is 1. The summed E-state index contributed by atoms with van der Waals surface area (Å²) in [6, 6.07) is 11.7. The molecule has 1 aliphatic heterocycles. The standard InChI is InChI=1S/C21H28N2O4/c24-21(22-15-17-10-12-25-16-17)14-18-13-20(27-23-18)9-5-2-6-11-26-19-7-3-1-4-8-19/h1,3-4,7-8,13,17H,2,5-6,9-12,14-16H2,(H,22,24). The van der Waals surface area contributed by atoms with Crippen molar-refractivity contribution in [2.45, 2.75) is 38.5 Å². The molecule has 6 nitrogen and oxygen atoms in total. The summed E-state index contributed by atoms with van der Waals surface area (Å²) in [5.41, 5.74) is 0.692. The Balaban J connectivity index is 1.26. The van der Waals surface area contributed by atoms with E-state index in [2.05, 4.69) is 10.5 Å². The lowest BCUT2D eigenvalue weighted by Crippen LogP contribution is -2.30. The molecular weight excluding hydrogens is 344 g/mol. The van der Waals surface area contributed by atoms with Gasteiger partial charge in [0.05, 0.1) is 25.3 Å². The van der Waals surface area contributed by atoms with E-state index in [1.165, 1.54) is 0 Å². The van der Waals surface area contributed by atoms with Crippen LogP contribution in [0.2, 0.25) is 0 Å². The molecule has 2 aromatic rings. The molecule has 2 heterocycles. The van der Waals surface area contributed by atoms with E-state index in [4.69, 9.17) is 14.0 Å². The molecule has 1 atom stereocenters. The van der Waals surface area contributed by atoms with Gasteiger partial charge in [0, 0.05) is 31.6 Å². The lowest BCUT2D eigenvalue weighted by atomic mass is 10.1. The zero-order valence-electron chi connectivity index (χ0n) is 15.7. The summed E-state index contributed by atoms with van der Waals surface area (Å²) in [5.74, 6) is 2.18. The molecule has 0 aliphatic carbocycles. The number of aryl methyl sites for hydroxylation is 1. The summed E-state index contributed by atoms with van der Waals surface area (Å²) in [6.07, 6.45) is 5.20. The van der Waals surface area contributed by atoms with Gasteiger partial charge in [0.25, 0.3) is 0 Å². The smallest absolute Gasteiger partial charge is 0.226 e. The Labute approximate surface area is 160 Å². The van der Waals surface area contributed by atoms with E-state index >= 15 is 0 Å². The number of ether oxygens (including phenoxy) is 2. The third-order valence-electron chi connectivity index (χ3n) is 4.64. The van der Waals surface area contributed by atoms with Crippen molar-refractivity contribution in [3.63, 3.8) is 0 Å². The van der Waals surface area contributed by atoms with Crippen LogP contribution >= 0.6 is 0 Å². The quantitative estimate of drug-likeness (QED) is 0.613. The third kappa shape index (κ3) is 7.06. The first kappa shape index (κ1) is 19.4. The fraction of sp³-hybridized carbons (Fsp3) is 0.524. The summed E-state index contributed by atoms with van der Waals surface area (Å²) in [4.78, 5) is 12.0. The Kier molecular flexibility index (Phi) is 7.71. The first-order chi connectivity index (χ1) is 13.3. The third-order valence-corrected chi connectivity index (χ3v) is 4.64. The summed E-state index contributed by atoms with van der Waals surface area (Å²) in [7, 11) is 0. The van der Waals surface area contributed by atoms with E-state index in [0.29, 0.717) is 18.2 Å². The minimum Gasteiger partial charge on any atom is -0.494 e. The fourth-order valence-electron chi connectivity index (χ4n) is 3.07. The molecule has 1 aromatic heterocycles. The van der Waals surface area contributed by atoms with Crippen LogP contribution in [0.1, 0.15) is 37.1 Å². The molecule has 27 heavy (non-hydrogen) atoms. The van der Waals surface area contributed by atoms with Crippen LogP contribution < -0.4 is 10.1 Å². The maximum Gasteiger partial charge on any atom is 0.226 e. The SMILES string of the molecule is O=C(Cc1cc(CCCCCOc2ccccc2)on1)NCC1CCOC1. The molecule has 1 aromatic carbocycles. The number of para-hydroxylation sites is 1. The van der Waals surface area contributed by atoms with Crippen molar-refractivity contribution in [1.29, 1.82) is 0 Å². The maximum atomic E-state index is 12.0. The molecule has 1 N–H and O–H groups in total. The second-order valence-corrected chi connectivity index (χ2v) is 6.97. The summed E-state index contributed by atoms with van der Waals surface area (Å²) in [6.45, 7) is 2.93. The highest BCUT2D eigenvalue weighted by Gasteiger charge is 2.17. The number of carbonyl (C=O) groups is 1. The van der Waals surface area contributed by atoms with Crippen molar-refractivity contribution in [1.82, 2.24) is 10.5 Å². The van der Waals surface area contributed by atoms with Crippen LogP contribution in [-0.4, -0.2) is 37.4 Å².